The molecule has 0 bridgehead atoms. The largest absolute Gasteiger partial charge is 0.496 e. The van der Waals surface area contributed by atoms with Crippen LogP contribution < -0.4 is 15.4 Å². The molecule has 12 heteroatoms. The monoisotopic (exact) mass is 676 g/mol. The second-order valence-electron chi connectivity index (χ2n) is 12.3. The Balaban J connectivity index is 1.28. The molecule has 3 aromatic carbocycles. The summed E-state index contributed by atoms with van der Waals surface area (Å²) in [5.74, 6) is -2.30. The van der Waals surface area contributed by atoms with Crippen LogP contribution in [0.4, 0.5) is 18.4 Å². The summed E-state index contributed by atoms with van der Waals surface area (Å²) < 4.78 is 44.2. The Bertz CT molecular complexity index is 1710. The summed E-state index contributed by atoms with van der Waals surface area (Å²) in [6.45, 7) is 4.46. The summed E-state index contributed by atoms with van der Waals surface area (Å²) in [5.41, 5.74) is 3.31. The number of halogens is 2. The third-order valence-electron chi connectivity index (χ3n) is 9.34. The summed E-state index contributed by atoms with van der Waals surface area (Å²) in [6, 6.07) is 16.7. The van der Waals surface area contributed by atoms with Crippen molar-refractivity contribution in [3.63, 3.8) is 0 Å². The zero-order chi connectivity index (χ0) is 35.1. The Labute approximate surface area is 285 Å². The maximum Gasteiger partial charge on any atom is 0.338 e. The van der Waals surface area contributed by atoms with Gasteiger partial charge in [-0.15, -0.1) is 0 Å². The number of benzene rings is 3. The van der Waals surface area contributed by atoms with Crippen molar-refractivity contribution < 1.29 is 37.4 Å². The van der Waals surface area contributed by atoms with E-state index < -0.39 is 35.7 Å². The van der Waals surface area contributed by atoms with Gasteiger partial charge < -0.3 is 29.7 Å². The van der Waals surface area contributed by atoms with E-state index in [1.807, 2.05) is 12.1 Å². The highest BCUT2D eigenvalue weighted by Gasteiger charge is 2.43. The van der Waals surface area contributed by atoms with E-state index in [0.29, 0.717) is 13.0 Å². The third-order valence-corrected chi connectivity index (χ3v) is 9.34. The SMILES string of the molecule is COCC1=C(C(=O)OC)C(c2ccc(F)c(F)c2)N(C(=O)NCCCN2CCC(c3ccccc3)(c3cc(C)ccc3OC)CC2)C(=O)N1. The van der Waals surface area contributed by atoms with Crippen molar-refractivity contribution in [3.05, 3.63) is 112 Å². The zero-order valence-electron chi connectivity index (χ0n) is 28.2. The molecule has 5 rings (SSSR count). The molecule has 0 spiro atoms. The molecule has 1 atom stereocenters. The number of carbonyl (C=O) groups excluding carboxylic acids is 3. The molecule has 1 fully saturated rings. The molecule has 2 aliphatic rings. The van der Waals surface area contributed by atoms with Gasteiger partial charge in [0, 0.05) is 24.6 Å². The van der Waals surface area contributed by atoms with Crippen LogP contribution in [-0.2, 0) is 19.7 Å². The normalized spacial score (nSPS) is 17.8. The number of imide groups is 1. The van der Waals surface area contributed by atoms with Gasteiger partial charge in [0.05, 0.1) is 32.1 Å². The smallest absolute Gasteiger partial charge is 0.338 e. The van der Waals surface area contributed by atoms with Crippen LogP contribution in [0.3, 0.4) is 0 Å². The van der Waals surface area contributed by atoms with Crippen molar-refractivity contribution in [2.75, 3.05) is 54.1 Å². The number of piperidine rings is 1. The fourth-order valence-corrected chi connectivity index (χ4v) is 6.89. The highest BCUT2D eigenvalue weighted by Crippen LogP contribution is 2.46. The van der Waals surface area contributed by atoms with Gasteiger partial charge in [0.1, 0.15) is 11.8 Å². The molecular formula is C37H42F2N4O6. The lowest BCUT2D eigenvalue weighted by molar-refractivity contribution is -0.137. The van der Waals surface area contributed by atoms with Crippen LogP contribution in [0, 0.1) is 18.6 Å². The number of amides is 4. The molecule has 2 aliphatic heterocycles. The number of methoxy groups -OCH3 is 3. The molecule has 49 heavy (non-hydrogen) atoms. The lowest BCUT2D eigenvalue weighted by Gasteiger charge is -2.43. The van der Waals surface area contributed by atoms with E-state index in [0.717, 1.165) is 55.8 Å². The van der Waals surface area contributed by atoms with Gasteiger partial charge in [0.2, 0.25) is 0 Å². The van der Waals surface area contributed by atoms with E-state index >= 15 is 0 Å². The average Bonchev–Trinajstić information content (AvgIpc) is 3.11. The molecule has 4 amide bonds. The molecule has 0 aliphatic carbocycles. The van der Waals surface area contributed by atoms with Crippen molar-refractivity contribution in [1.82, 2.24) is 20.4 Å². The standard InChI is InChI=1S/C37H42F2N4O6/c1-24-11-14-31(48-3)27(21-24)37(26-9-6-5-7-10-26)15-19-42(20-16-37)18-8-17-40-35(45)43-33(25-12-13-28(38)29(39)22-25)32(34(44)49-4)30(23-47-2)41-36(43)46/h5-7,9-14,21-22,33H,8,15-20,23H2,1-4H3,(H,40,45)(H,41,46). The number of ether oxygens (including phenoxy) is 3. The van der Waals surface area contributed by atoms with Crippen LogP contribution in [0.2, 0.25) is 0 Å². The van der Waals surface area contributed by atoms with E-state index in [4.69, 9.17) is 14.2 Å². The van der Waals surface area contributed by atoms with Crippen molar-refractivity contribution in [1.29, 1.82) is 0 Å². The van der Waals surface area contributed by atoms with Crippen molar-refractivity contribution in [3.8, 4) is 5.75 Å². The summed E-state index contributed by atoms with van der Waals surface area (Å²) in [5, 5.41) is 5.29. The van der Waals surface area contributed by atoms with Gasteiger partial charge in [-0.1, -0.05) is 54.1 Å². The minimum Gasteiger partial charge on any atom is -0.496 e. The van der Waals surface area contributed by atoms with E-state index in [-0.39, 0.29) is 35.4 Å². The molecule has 3 aromatic rings. The fourth-order valence-electron chi connectivity index (χ4n) is 6.89. The maximum atomic E-state index is 14.4. The number of esters is 1. The summed E-state index contributed by atoms with van der Waals surface area (Å²) in [4.78, 5) is 42.9. The number of hydrogen-bond donors (Lipinski definition) is 2. The van der Waals surface area contributed by atoms with Gasteiger partial charge in [-0.25, -0.2) is 28.1 Å². The Morgan fingerprint density at radius 1 is 0.980 bits per heavy atom. The van der Waals surface area contributed by atoms with Crippen LogP contribution in [-0.4, -0.2) is 81.9 Å². The molecule has 0 saturated carbocycles. The predicted octanol–water partition coefficient (Wildman–Crippen LogP) is 5.60. The number of nitrogens with zero attached hydrogens (tertiary/aromatic N) is 2. The number of likely N-dealkylation sites (tertiary alicyclic amines) is 1. The van der Waals surface area contributed by atoms with Gasteiger partial charge in [-0.05, 0) is 75.1 Å². The number of hydrogen-bond acceptors (Lipinski definition) is 7. The van der Waals surface area contributed by atoms with Gasteiger partial charge in [0.25, 0.3) is 0 Å². The number of urea groups is 2. The summed E-state index contributed by atoms with van der Waals surface area (Å²) in [6.07, 6.45) is 2.33. The Morgan fingerprint density at radius 2 is 1.71 bits per heavy atom. The van der Waals surface area contributed by atoms with E-state index in [2.05, 4.69) is 58.9 Å². The minimum atomic E-state index is -1.40. The van der Waals surface area contributed by atoms with Crippen LogP contribution in [0.25, 0.3) is 0 Å². The lowest BCUT2D eigenvalue weighted by atomic mass is 9.67. The Kier molecular flexibility index (Phi) is 11.3. The Hall–Kier alpha value is -4.81. The first-order valence-electron chi connectivity index (χ1n) is 16.2. The average molecular weight is 677 g/mol. The van der Waals surface area contributed by atoms with E-state index in [9.17, 15) is 23.2 Å². The lowest BCUT2D eigenvalue weighted by Crippen LogP contribution is -2.55. The molecule has 2 N–H and O–H groups in total. The number of aryl methyl sites for hydroxylation is 1. The molecule has 0 aromatic heterocycles. The first-order chi connectivity index (χ1) is 23.6. The van der Waals surface area contributed by atoms with Crippen LogP contribution in [0.15, 0.2) is 78.0 Å². The maximum absolute atomic E-state index is 14.4. The second-order valence-corrected chi connectivity index (χ2v) is 12.3. The van der Waals surface area contributed by atoms with Gasteiger partial charge in [-0.2, -0.15) is 0 Å². The quantitative estimate of drug-likeness (QED) is 0.201. The summed E-state index contributed by atoms with van der Waals surface area (Å²) in [7, 11) is 4.21. The molecular weight excluding hydrogens is 634 g/mol. The highest BCUT2D eigenvalue weighted by molar-refractivity contribution is 6.01. The highest BCUT2D eigenvalue weighted by atomic mass is 19.2. The van der Waals surface area contributed by atoms with Gasteiger partial charge in [0.15, 0.2) is 11.6 Å². The topological polar surface area (TPSA) is 109 Å². The van der Waals surface area contributed by atoms with Crippen LogP contribution in [0.1, 0.15) is 47.6 Å². The number of rotatable bonds is 11. The van der Waals surface area contributed by atoms with Crippen molar-refractivity contribution in [2.45, 2.75) is 37.6 Å². The Morgan fingerprint density at radius 3 is 2.37 bits per heavy atom. The van der Waals surface area contributed by atoms with Gasteiger partial charge >= 0.3 is 18.0 Å². The summed E-state index contributed by atoms with van der Waals surface area (Å²) >= 11 is 0. The molecule has 2 heterocycles. The molecule has 260 valence electrons. The first-order valence-corrected chi connectivity index (χ1v) is 16.2. The first kappa shape index (κ1) is 35.5. The van der Waals surface area contributed by atoms with Gasteiger partial charge in [-0.3, -0.25) is 0 Å². The van der Waals surface area contributed by atoms with Crippen LogP contribution in [0.5, 0.6) is 5.75 Å². The van der Waals surface area contributed by atoms with Crippen molar-refractivity contribution >= 4 is 18.0 Å². The van der Waals surface area contributed by atoms with Crippen molar-refractivity contribution in [2.24, 2.45) is 0 Å². The third kappa shape index (κ3) is 7.45. The molecule has 1 saturated heterocycles. The second kappa shape index (κ2) is 15.6. The zero-order valence-corrected chi connectivity index (χ0v) is 28.2. The molecule has 10 nitrogen and oxygen atoms in total. The molecule has 0 radical (unpaired) electrons. The minimum absolute atomic E-state index is 0.0124. The van der Waals surface area contributed by atoms with E-state index in [1.54, 1.807) is 7.11 Å². The number of carbonyl (C=O) groups is 3. The fraction of sp³-hybridized carbons (Fsp3) is 0.378. The molecule has 1 unspecified atom stereocenters. The number of nitrogens with one attached hydrogen (secondary N) is 2. The predicted molar refractivity (Wildman–Crippen MR) is 179 cm³/mol. The van der Waals surface area contributed by atoms with Crippen LogP contribution >= 0.6 is 0 Å². The van der Waals surface area contributed by atoms with E-state index in [1.165, 1.54) is 29.9 Å².